The normalized spacial score (nSPS) is 12.3. The molecule has 0 radical (unpaired) electrons. The van der Waals surface area contributed by atoms with E-state index in [4.69, 9.17) is 4.74 Å². The second-order valence-electron chi connectivity index (χ2n) is 6.25. The molecule has 0 fully saturated rings. The zero-order chi connectivity index (χ0) is 18.8. The number of aromatic nitrogens is 1. The minimum Gasteiger partial charge on any atom is -0.450 e. The lowest BCUT2D eigenvalue weighted by atomic mass is 10.0. The number of alkyl carbamates (subject to hydrolysis) is 1. The van der Waals surface area contributed by atoms with Gasteiger partial charge in [0.05, 0.1) is 18.8 Å². The summed E-state index contributed by atoms with van der Waals surface area (Å²) >= 11 is 1.68. The van der Waals surface area contributed by atoms with Crippen molar-refractivity contribution in [2.75, 3.05) is 20.2 Å². The topological polar surface area (TPSA) is 87.6 Å². The minimum absolute atomic E-state index is 0. The largest absolute Gasteiger partial charge is 0.450 e. The molecule has 150 valence electrons. The van der Waals surface area contributed by atoms with Gasteiger partial charge in [-0.3, -0.25) is 4.99 Å². The summed E-state index contributed by atoms with van der Waals surface area (Å²) in [6.07, 6.45) is 0.472. The van der Waals surface area contributed by atoms with E-state index in [-0.39, 0.29) is 36.1 Å². The second kappa shape index (κ2) is 13.1. The number of guanidine groups is 1. The number of halogens is 1. The Kier molecular flexibility index (Phi) is 12.6. The lowest BCUT2D eigenvalue weighted by molar-refractivity contribution is 0.146. The summed E-state index contributed by atoms with van der Waals surface area (Å²) in [5.41, 5.74) is 1.07. The van der Waals surface area contributed by atoms with Crippen LogP contribution in [0.2, 0.25) is 0 Å². The van der Waals surface area contributed by atoms with Crippen molar-refractivity contribution in [2.45, 2.75) is 53.6 Å². The highest BCUT2D eigenvalue weighted by atomic mass is 127. The summed E-state index contributed by atoms with van der Waals surface area (Å²) in [5.74, 6) is 1.15. The van der Waals surface area contributed by atoms with Crippen LogP contribution in [0.3, 0.4) is 0 Å². The van der Waals surface area contributed by atoms with Crippen LogP contribution in [0.5, 0.6) is 0 Å². The van der Waals surface area contributed by atoms with Crippen molar-refractivity contribution in [3.05, 3.63) is 15.6 Å². The second-order valence-corrected chi connectivity index (χ2v) is 7.53. The highest BCUT2D eigenvalue weighted by Crippen LogP contribution is 2.15. The van der Waals surface area contributed by atoms with Crippen LogP contribution in [0, 0.1) is 19.8 Å². The third-order valence-electron chi connectivity index (χ3n) is 3.57. The highest BCUT2D eigenvalue weighted by Gasteiger charge is 2.15. The van der Waals surface area contributed by atoms with E-state index >= 15 is 0 Å². The maximum Gasteiger partial charge on any atom is 0.407 e. The van der Waals surface area contributed by atoms with Crippen LogP contribution >= 0.6 is 35.3 Å². The predicted octanol–water partition coefficient (Wildman–Crippen LogP) is 3.20. The molecule has 7 nitrogen and oxygen atoms in total. The van der Waals surface area contributed by atoms with Crippen molar-refractivity contribution in [1.82, 2.24) is 20.9 Å². The first-order chi connectivity index (χ1) is 11.8. The molecule has 1 amide bonds. The van der Waals surface area contributed by atoms with Crippen LogP contribution in [-0.2, 0) is 11.3 Å². The Hall–Kier alpha value is -1.10. The van der Waals surface area contributed by atoms with Crippen molar-refractivity contribution in [1.29, 1.82) is 0 Å². The molecule has 1 atom stereocenters. The number of nitrogens with one attached hydrogen (secondary N) is 3. The van der Waals surface area contributed by atoms with Crippen molar-refractivity contribution < 1.29 is 9.53 Å². The van der Waals surface area contributed by atoms with E-state index in [1.165, 1.54) is 4.88 Å². The Morgan fingerprint density at radius 2 is 2.00 bits per heavy atom. The van der Waals surface area contributed by atoms with Gasteiger partial charge in [0.25, 0.3) is 0 Å². The average molecular weight is 497 g/mol. The standard InChI is InChI=1S/C17H31N5O2S.HI/c1-7-24-17(23)22-14(8-11(2)3)9-19-16(18-6)20-10-15-21-12(4)13(5)25-15;/h11,14H,7-10H2,1-6H3,(H,22,23)(H2,18,19,20);1H. The molecule has 1 aromatic heterocycles. The number of aryl methyl sites for hydroxylation is 2. The van der Waals surface area contributed by atoms with E-state index in [0.717, 1.165) is 17.1 Å². The molecule has 0 bridgehead atoms. The number of carbonyl (C=O) groups excluding carboxylic acids is 1. The molecule has 0 aromatic carbocycles. The Morgan fingerprint density at radius 1 is 1.31 bits per heavy atom. The molecule has 0 aliphatic rings. The minimum atomic E-state index is -0.383. The Balaban J connectivity index is 0.00000625. The number of amides is 1. The van der Waals surface area contributed by atoms with Gasteiger partial charge >= 0.3 is 6.09 Å². The number of thiazole rings is 1. The number of rotatable bonds is 8. The summed E-state index contributed by atoms with van der Waals surface area (Å²) in [5, 5.41) is 10.4. The molecule has 1 unspecified atom stereocenters. The predicted molar refractivity (Wildman–Crippen MR) is 119 cm³/mol. The van der Waals surface area contributed by atoms with Crippen LogP contribution < -0.4 is 16.0 Å². The number of nitrogens with zero attached hydrogens (tertiary/aromatic N) is 2. The fraction of sp³-hybridized carbons (Fsp3) is 0.706. The third kappa shape index (κ3) is 9.56. The van der Waals surface area contributed by atoms with E-state index in [0.29, 0.717) is 31.6 Å². The van der Waals surface area contributed by atoms with E-state index in [1.54, 1.807) is 25.3 Å². The third-order valence-corrected chi connectivity index (χ3v) is 4.65. The summed E-state index contributed by atoms with van der Waals surface area (Å²) in [4.78, 5) is 21.6. The van der Waals surface area contributed by atoms with Gasteiger partial charge in [0.2, 0.25) is 0 Å². The van der Waals surface area contributed by atoms with Crippen LogP contribution in [-0.4, -0.2) is 43.3 Å². The fourth-order valence-electron chi connectivity index (χ4n) is 2.32. The van der Waals surface area contributed by atoms with Gasteiger partial charge < -0.3 is 20.7 Å². The summed E-state index contributed by atoms with van der Waals surface area (Å²) in [6.45, 7) is 11.7. The van der Waals surface area contributed by atoms with Gasteiger partial charge in [0.1, 0.15) is 5.01 Å². The van der Waals surface area contributed by atoms with Crippen molar-refractivity contribution in [3.8, 4) is 0 Å². The highest BCUT2D eigenvalue weighted by molar-refractivity contribution is 14.0. The monoisotopic (exact) mass is 497 g/mol. The molecule has 0 saturated heterocycles. The SMILES string of the molecule is CCOC(=O)NC(CNC(=NC)NCc1nc(C)c(C)s1)CC(C)C.I. The molecule has 9 heteroatoms. The number of carbonyl (C=O) groups is 1. The average Bonchev–Trinajstić information content (AvgIpc) is 2.85. The van der Waals surface area contributed by atoms with Crippen LogP contribution in [0.25, 0.3) is 0 Å². The number of aliphatic imine (C=N–C) groups is 1. The summed E-state index contributed by atoms with van der Waals surface area (Å²) in [6, 6.07) is -0.0260. The fourth-order valence-corrected chi connectivity index (χ4v) is 3.19. The van der Waals surface area contributed by atoms with Gasteiger partial charge in [-0.25, -0.2) is 9.78 Å². The Bertz CT molecular complexity index is 558. The zero-order valence-corrected chi connectivity index (χ0v) is 19.7. The number of ether oxygens (including phenoxy) is 1. The van der Waals surface area contributed by atoms with E-state index in [2.05, 4.69) is 46.7 Å². The van der Waals surface area contributed by atoms with Gasteiger partial charge in [-0.2, -0.15) is 0 Å². The van der Waals surface area contributed by atoms with Crippen LogP contribution in [0.4, 0.5) is 4.79 Å². The Labute approximate surface area is 177 Å². The lowest BCUT2D eigenvalue weighted by Crippen LogP contribution is -2.47. The first-order valence-corrected chi connectivity index (χ1v) is 9.48. The van der Waals surface area contributed by atoms with E-state index in [9.17, 15) is 4.79 Å². The molecule has 1 aromatic rings. The van der Waals surface area contributed by atoms with Crippen molar-refractivity contribution in [3.63, 3.8) is 0 Å². The first-order valence-electron chi connectivity index (χ1n) is 8.66. The zero-order valence-electron chi connectivity index (χ0n) is 16.5. The van der Waals surface area contributed by atoms with Crippen molar-refractivity contribution in [2.24, 2.45) is 10.9 Å². The smallest absolute Gasteiger partial charge is 0.407 e. The number of hydrogen-bond donors (Lipinski definition) is 3. The van der Waals surface area contributed by atoms with E-state index < -0.39 is 0 Å². The molecule has 3 N–H and O–H groups in total. The summed E-state index contributed by atoms with van der Waals surface area (Å²) in [7, 11) is 1.73. The molecule has 0 aliphatic heterocycles. The summed E-state index contributed by atoms with van der Waals surface area (Å²) < 4.78 is 4.98. The maximum absolute atomic E-state index is 11.7. The molecule has 26 heavy (non-hydrogen) atoms. The van der Waals surface area contributed by atoms with Gasteiger partial charge in [-0.05, 0) is 33.1 Å². The molecule has 0 aliphatic carbocycles. The lowest BCUT2D eigenvalue weighted by Gasteiger charge is -2.22. The van der Waals surface area contributed by atoms with Crippen molar-refractivity contribution >= 4 is 47.4 Å². The maximum atomic E-state index is 11.7. The van der Waals surface area contributed by atoms with Gasteiger partial charge in [-0.15, -0.1) is 35.3 Å². The van der Waals surface area contributed by atoms with Gasteiger partial charge in [0.15, 0.2) is 5.96 Å². The molecule has 0 saturated carbocycles. The molecule has 0 spiro atoms. The van der Waals surface area contributed by atoms with Crippen LogP contribution in [0.1, 0.15) is 42.8 Å². The van der Waals surface area contributed by atoms with Gasteiger partial charge in [-0.1, -0.05) is 13.8 Å². The first kappa shape index (κ1) is 24.9. The molecule has 1 heterocycles. The Morgan fingerprint density at radius 3 is 2.50 bits per heavy atom. The van der Waals surface area contributed by atoms with E-state index in [1.807, 2.05) is 6.92 Å². The molecular formula is C17H32IN5O2S. The van der Waals surface area contributed by atoms with Crippen LogP contribution in [0.15, 0.2) is 4.99 Å². The molecular weight excluding hydrogens is 465 g/mol. The molecule has 1 rings (SSSR count). The number of hydrogen-bond acceptors (Lipinski definition) is 5. The van der Waals surface area contributed by atoms with Gasteiger partial charge in [0, 0.05) is 24.5 Å². The quantitative estimate of drug-likeness (QED) is 0.292.